The van der Waals surface area contributed by atoms with Crippen molar-refractivity contribution in [3.05, 3.63) is 22.3 Å². The summed E-state index contributed by atoms with van der Waals surface area (Å²) in [7, 11) is 0. The summed E-state index contributed by atoms with van der Waals surface area (Å²) < 4.78 is 0. The van der Waals surface area contributed by atoms with Gasteiger partial charge in [-0.05, 0) is 17.4 Å². The Bertz CT molecular complexity index is 352. The highest BCUT2D eigenvalue weighted by molar-refractivity contribution is 6.38. The monoisotopic (exact) mass is 217 g/mol. The van der Waals surface area contributed by atoms with Gasteiger partial charge in [-0.25, -0.2) is 0 Å². The van der Waals surface area contributed by atoms with Crippen molar-refractivity contribution in [1.82, 2.24) is 5.43 Å². The predicted octanol–water partition coefficient (Wildman–Crippen LogP) is 0.650. The Kier molecular flexibility index (Phi) is 2.57. The quantitative estimate of drug-likeness (QED) is 0.303. The Morgan fingerprint density at radius 1 is 1.86 bits per heavy atom. The van der Waals surface area contributed by atoms with Crippen LogP contribution in [0.3, 0.4) is 0 Å². The van der Waals surface area contributed by atoms with Crippen molar-refractivity contribution in [2.45, 2.75) is 18.2 Å². The molecule has 1 N–H and O–H groups in total. The van der Waals surface area contributed by atoms with E-state index in [2.05, 4.69) is 11.7 Å². The van der Waals surface area contributed by atoms with Gasteiger partial charge in [0.25, 0.3) is 5.91 Å². The maximum atomic E-state index is 11.0. The van der Waals surface area contributed by atoms with Gasteiger partial charge in [0.05, 0.1) is 11.5 Å². The molecule has 1 unspecified atom stereocenters. The lowest BCUT2D eigenvalue weighted by Gasteiger charge is -2.24. The zero-order chi connectivity index (χ0) is 10.9. The predicted molar refractivity (Wildman–Crippen MR) is 50.6 cm³/mol. The molecule has 0 bridgehead atoms. The number of carbonyl (C=O) groups excluding carboxylic acids is 1. The third-order valence-electron chi connectivity index (χ3n) is 1.89. The standard InChI is InChI=1S/C7H8ClN3O3/c1-4(2)7(8)3-5(12)9-10-6(7)11(13)14/h1,3H2,2H3,(H,9,12). The van der Waals surface area contributed by atoms with Crippen molar-refractivity contribution >= 4 is 23.3 Å². The van der Waals surface area contributed by atoms with Crippen LogP contribution in [0.5, 0.6) is 0 Å². The molecule has 6 nitrogen and oxygen atoms in total. The Morgan fingerprint density at radius 3 is 2.86 bits per heavy atom. The number of rotatable bonds is 1. The Labute approximate surface area is 84.8 Å². The number of amidine groups is 1. The first-order chi connectivity index (χ1) is 6.38. The van der Waals surface area contributed by atoms with E-state index in [1.54, 1.807) is 0 Å². The lowest BCUT2D eigenvalue weighted by Crippen LogP contribution is -2.48. The summed E-state index contributed by atoms with van der Waals surface area (Å²) in [6.07, 6.45) is -0.219. The lowest BCUT2D eigenvalue weighted by atomic mass is 9.94. The minimum absolute atomic E-state index is 0.219. The second kappa shape index (κ2) is 3.38. The third kappa shape index (κ3) is 1.60. The summed E-state index contributed by atoms with van der Waals surface area (Å²) in [5.74, 6) is -0.958. The smallest absolute Gasteiger partial charge is 0.358 e. The Balaban J connectivity index is 3.19. The van der Waals surface area contributed by atoms with Crippen molar-refractivity contribution in [3.8, 4) is 0 Å². The number of alkyl halides is 1. The van der Waals surface area contributed by atoms with Gasteiger partial charge in [-0.15, -0.1) is 0 Å². The maximum absolute atomic E-state index is 11.0. The molecule has 0 aromatic rings. The Morgan fingerprint density at radius 2 is 2.43 bits per heavy atom. The van der Waals surface area contributed by atoms with Gasteiger partial charge in [-0.1, -0.05) is 18.2 Å². The molecule has 14 heavy (non-hydrogen) atoms. The molecule has 1 heterocycles. The number of nitro groups is 1. The molecule has 0 radical (unpaired) electrons. The highest BCUT2D eigenvalue weighted by atomic mass is 35.5. The fourth-order valence-electron chi connectivity index (χ4n) is 1.07. The van der Waals surface area contributed by atoms with Crippen LogP contribution in [0.1, 0.15) is 13.3 Å². The molecule has 0 aliphatic carbocycles. The molecule has 1 rings (SSSR count). The van der Waals surface area contributed by atoms with Gasteiger partial charge in [0.1, 0.15) is 0 Å². The summed E-state index contributed by atoms with van der Waals surface area (Å²) in [4.78, 5) is 19.3. The van der Waals surface area contributed by atoms with Gasteiger partial charge in [-0.2, -0.15) is 5.43 Å². The second-order valence-electron chi connectivity index (χ2n) is 2.99. The zero-order valence-corrected chi connectivity index (χ0v) is 8.17. The largest absolute Gasteiger partial charge is 0.389 e. The van der Waals surface area contributed by atoms with Crippen molar-refractivity contribution in [3.63, 3.8) is 0 Å². The highest BCUT2D eigenvalue weighted by Gasteiger charge is 2.48. The first-order valence-corrected chi connectivity index (χ1v) is 4.12. The summed E-state index contributed by atoms with van der Waals surface area (Å²) in [6.45, 7) is 5.04. The topological polar surface area (TPSA) is 84.6 Å². The van der Waals surface area contributed by atoms with Gasteiger partial charge in [0.15, 0.2) is 4.87 Å². The number of halogens is 1. The molecular weight excluding hydrogens is 210 g/mol. The van der Waals surface area contributed by atoms with Crippen LogP contribution >= 0.6 is 11.6 Å². The van der Waals surface area contributed by atoms with Gasteiger partial charge >= 0.3 is 5.84 Å². The van der Waals surface area contributed by atoms with E-state index in [4.69, 9.17) is 11.6 Å². The molecule has 0 aromatic heterocycles. The third-order valence-corrected chi connectivity index (χ3v) is 2.52. The van der Waals surface area contributed by atoms with E-state index in [9.17, 15) is 14.9 Å². The van der Waals surface area contributed by atoms with E-state index < -0.39 is 21.5 Å². The number of hydrogen-bond acceptors (Lipinski definition) is 4. The van der Waals surface area contributed by atoms with Crippen molar-refractivity contribution in [1.29, 1.82) is 0 Å². The van der Waals surface area contributed by atoms with Gasteiger partial charge in [-0.3, -0.25) is 4.79 Å². The molecule has 0 spiro atoms. The minimum atomic E-state index is -1.49. The number of nitrogens with one attached hydrogen (secondary N) is 1. The number of amides is 1. The number of hydrogen-bond donors (Lipinski definition) is 1. The number of carbonyl (C=O) groups is 1. The van der Waals surface area contributed by atoms with Crippen LogP contribution in [0.15, 0.2) is 17.3 Å². The van der Waals surface area contributed by atoms with Gasteiger partial charge in [0, 0.05) is 0 Å². The normalized spacial score (nSPS) is 26.4. The van der Waals surface area contributed by atoms with Crippen LogP contribution in [0.25, 0.3) is 0 Å². The zero-order valence-electron chi connectivity index (χ0n) is 7.41. The van der Waals surface area contributed by atoms with Crippen LogP contribution in [-0.2, 0) is 4.79 Å². The summed E-state index contributed by atoms with van der Waals surface area (Å²) in [5.41, 5.74) is 2.33. The summed E-state index contributed by atoms with van der Waals surface area (Å²) >= 11 is 5.93. The lowest BCUT2D eigenvalue weighted by molar-refractivity contribution is -0.355. The average molecular weight is 218 g/mol. The van der Waals surface area contributed by atoms with E-state index in [1.807, 2.05) is 5.43 Å². The second-order valence-corrected chi connectivity index (χ2v) is 3.63. The SMILES string of the molecule is C=C(C)C1(Cl)CC(=O)NN=C1[N+](=O)[O-]. The molecule has 7 heteroatoms. The van der Waals surface area contributed by atoms with E-state index in [-0.39, 0.29) is 6.42 Å². The van der Waals surface area contributed by atoms with Crippen LogP contribution in [-0.4, -0.2) is 21.5 Å². The van der Waals surface area contributed by atoms with Crippen molar-refractivity contribution < 1.29 is 9.72 Å². The first-order valence-electron chi connectivity index (χ1n) is 3.74. The maximum Gasteiger partial charge on any atom is 0.389 e. The van der Waals surface area contributed by atoms with E-state index >= 15 is 0 Å². The molecule has 76 valence electrons. The molecule has 1 aliphatic rings. The molecule has 0 fully saturated rings. The molecule has 0 aromatic carbocycles. The van der Waals surface area contributed by atoms with Gasteiger partial charge in [0.2, 0.25) is 0 Å². The molecule has 0 saturated carbocycles. The first kappa shape index (κ1) is 10.6. The average Bonchev–Trinajstić information content (AvgIpc) is 2.02. The van der Waals surface area contributed by atoms with E-state index in [0.717, 1.165) is 0 Å². The molecule has 1 atom stereocenters. The fourth-order valence-corrected chi connectivity index (χ4v) is 1.30. The molecule has 0 saturated heterocycles. The van der Waals surface area contributed by atoms with Crippen LogP contribution < -0.4 is 5.43 Å². The number of hydrazone groups is 1. The minimum Gasteiger partial charge on any atom is -0.358 e. The van der Waals surface area contributed by atoms with Gasteiger partial charge < -0.3 is 10.1 Å². The van der Waals surface area contributed by atoms with Crippen LogP contribution in [0.2, 0.25) is 0 Å². The molecule has 1 amide bonds. The highest BCUT2D eigenvalue weighted by Crippen LogP contribution is 2.31. The number of nitrogens with zero attached hydrogens (tertiary/aromatic N) is 2. The van der Waals surface area contributed by atoms with Crippen molar-refractivity contribution in [2.75, 3.05) is 0 Å². The summed E-state index contributed by atoms with van der Waals surface area (Å²) in [6, 6.07) is 0. The van der Waals surface area contributed by atoms with E-state index in [1.165, 1.54) is 6.92 Å². The van der Waals surface area contributed by atoms with Crippen LogP contribution in [0.4, 0.5) is 0 Å². The molecular formula is C7H8ClN3O3. The Hall–Kier alpha value is -1.43. The van der Waals surface area contributed by atoms with E-state index in [0.29, 0.717) is 5.57 Å². The molecule has 1 aliphatic heterocycles. The summed E-state index contributed by atoms with van der Waals surface area (Å²) in [5, 5.41) is 13.9. The fraction of sp³-hybridized carbons (Fsp3) is 0.429. The van der Waals surface area contributed by atoms with Crippen LogP contribution in [0, 0.1) is 10.1 Å². The van der Waals surface area contributed by atoms with Crippen molar-refractivity contribution in [2.24, 2.45) is 5.10 Å².